The van der Waals surface area contributed by atoms with Crippen molar-refractivity contribution in [2.24, 2.45) is 11.7 Å². The van der Waals surface area contributed by atoms with Crippen molar-refractivity contribution in [2.45, 2.75) is 24.6 Å². The molecule has 1 aliphatic heterocycles. The zero-order valence-corrected chi connectivity index (χ0v) is 12.0. The van der Waals surface area contributed by atoms with Gasteiger partial charge in [-0.3, -0.25) is 4.79 Å². The zero-order chi connectivity index (χ0) is 14.8. The number of amides is 1. The summed E-state index contributed by atoms with van der Waals surface area (Å²) in [5, 5.41) is 2.93. The van der Waals surface area contributed by atoms with E-state index in [1.807, 2.05) is 24.3 Å². The van der Waals surface area contributed by atoms with Gasteiger partial charge in [-0.15, -0.1) is 0 Å². The minimum Gasteiger partial charge on any atom is -0.497 e. The second-order valence-electron chi connectivity index (χ2n) is 5.51. The molecule has 0 spiro atoms. The van der Waals surface area contributed by atoms with Crippen molar-refractivity contribution in [2.75, 3.05) is 13.7 Å². The summed E-state index contributed by atoms with van der Waals surface area (Å²) in [7, 11) is 1.62. The van der Waals surface area contributed by atoms with Crippen LogP contribution in [0.25, 0.3) is 6.08 Å². The molecule has 0 radical (unpaired) electrons. The Morgan fingerprint density at radius 3 is 2.90 bits per heavy atom. The van der Waals surface area contributed by atoms with Crippen LogP contribution in [0, 0.1) is 5.92 Å². The Morgan fingerprint density at radius 1 is 1.43 bits per heavy atom. The fourth-order valence-electron chi connectivity index (χ4n) is 3.03. The highest BCUT2D eigenvalue weighted by Crippen LogP contribution is 2.37. The van der Waals surface area contributed by atoms with Gasteiger partial charge in [0.25, 0.3) is 0 Å². The first kappa shape index (κ1) is 14.1. The van der Waals surface area contributed by atoms with Gasteiger partial charge in [0.1, 0.15) is 5.75 Å². The maximum atomic E-state index is 11.9. The van der Waals surface area contributed by atoms with E-state index in [9.17, 15) is 4.79 Å². The predicted octanol–water partition coefficient (Wildman–Crippen LogP) is 0.939. The van der Waals surface area contributed by atoms with E-state index in [1.54, 1.807) is 13.2 Å². The molecule has 4 unspecified atom stereocenters. The Balaban J connectivity index is 1.55. The molecule has 1 aromatic rings. The summed E-state index contributed by atoms with van der Waals surface area (Å²) >= 11 is 0. The lowest BCUT2D eigenvalue weighted by Crippen LogP contribution is -2.68. The highest BCUT2D eigenvalue weighted by Gasteiger charge is 2.52. The number of carbonyl (C=O) groups is 1. The molecule has 4 atom stereocenters. The number of nitrogens with one attached hydrogen (secondary N) is 1. The summed E-state index contributed by atoms with van der Waals surface area (Å²) in [6.07, 6.45) is 4.39. The van der Waals surface area contributed by atoms with Gasteiger partial charge >= 0.3 is 0 Å². The molecule has 5 heteroatoms. The van der Waals surface area contributed by atoms with Crippen LogP contribution in [0.3, 0.4) is 0 Å². The molecule has 1 saturated heterocycles. The third kappa shape index (κ3) is 2.80. The number of carbonyl (C=O) groups excluding carboxylic acids is 1. The van der Waals surface area contributed by atoms with Crippen molar-refractivity contribution in [3.05, 3.63) is 35.9 Å². The Morgan fingerprint density at radius 2 is 2.19 bits per heavy atom. The van der Waals surface area contributed by atoms with Crippen LogP contribution < -0.4 is 15.8 Å². The highest BCUT2D eigenvalue weighted by molar-refractivity contribution is 5.92. The van der Waals surface area contributed by atoms with E-state index in [0.717, 1.165) is 24.3 Å². The first-order valence-corrected chi connectivity index (χ1v) is 7.19. The van der Waals surface area contributed by atoms with Gasteiger partial charge in [0, 0.05) is 24.6 Å². The predicted molar refractivity (Wildman–Crippen MR) is 79.8 cm³/mol. The van der Waals surface area contributed by atoms with Crippen LogP contribution in [0.2, 0.25) is 0 Å². The number of benzene rings is 1. The average molecular weight is 288 g/mol. The molecule has 2 fully saturated rings. The quantitative estimate of drug-likeness (QED) is 0.809. The van der Waals surface area contributed by atoms with Gasteiger partial charge < -0.3 is 20.5 Å². The van der Waals surface area contributed by atoms with E-state index >= 15 is 0 Å². The van der Waals surface area contributed by atoms with Crippen molar-refractivity contribution < 1.29 is 14.3 Å². The van der Waals surface area contributed by atoms with Crippen LogP contribution in [-0.4, -0.2) is 37.8 Å². The van der Waals surface area contributed by atoms with E-state index in [1.165, 1.54) is 6.08 Å². The molecule has 0 bridgehead atoms. The number of hydrogen-bond donors (Lipinski definition) is 2. The Bertz CT molecular complexity index is 541. The zero-order valence-electron chi connectivity index (χ0n) is 12.0. The molecule has 1 saturated carbocycles. The van der Waals surface area contributed by atoms with Crippen molar-refractivity contribution in [3.63, 3.8) is 0 Å². The van der Waals surface area contributed by atoms with E-state index < -0.39 is 0 Å². The molecule has 1 aliphatic carbocycles. The van der Waals surface area contributed by atoms with Crippen LogP contribution in [-0.2, 0) is 9.53 Å². The maximum Gasteiger partial charge on any atom is 0.244 e. The van der Waals surface area contributed by atoms with E-state index in [4.69, 9.17) is 15.2 Å². The van der Waals surface area contributed by atoms with Crippen molar-refractivity contribution in [3.8, 4) is 5.75 Å². The molecule has 1 heterocycles. The standard InChI is InChI=1S/C16H20N2O3/c1-20-11-5-2-10(3-6-11)4-7-13(19)18-15-14(17)12-8-9-21-16(12)15/h2-7,12,14-16H,8-9,17H2,1H3,(H,18,19). The summed E-state index contributed by atoms with van der Waals surface area (Å²) in [4.78, 5) is 11.9. The van der Waals surface area contributed by atoms with E-state index in [-0.39, 0.29) is 24.1 Å². The summed E-state index contributed by atoms with van der Waals surface area (Å²) in [6.45, 7) is 0.747. The molecule has 3 N–H and O–H groups in total. The lowest BCUT2D eigenvalue weighted by molar-refractivity contribution is -0.120. The first-order chi connectivity index (χ1) is 10.2. The minimum atomic E-state index is -0.139. The number of fused-ring (bicyclic) bond motifs is 1. The summed E-state index contributed by atoms with van der Waals surface area (Å²) < 4.78 is 10.7. The monoisotopic (exact) mass is 288 g/mol. The second-order valence-corrected chi connectivity index (χ2v) is 5.51. The molecular weight excluding hydrogens is 268 g/mol. The molecule has 1 amide bonds. The maximum absolute atomic E-state index is 11.9. The molecule has 21 heavy (non-hydrogen) atoms. The Kier molecular flexibility index (Phi) is 3.94. The minimum absolute atomic E-state index is 0.0100. The van der Waals surface area contributed by atoms with Gasteiger partial charge in [-0.1, -0.05) is 12.1 Å². The second kappa shape index (κ2) is 5.87. The molecule has 0 aromatic heterocycles. The van der Waals surface area contributed by atoms with Crippen LogP contribution in [0.5, 0.6) is 5.75 Å². The van der Waals surface area contributed by atoms with Crippen molar-refractivity contribution in [1.82, 2.24) is 5.32 Å². The smallest absolute Gasteiger partial charge is 0.244 e. The number of hydrogen-bond acceptors (Lipinski definition) is 4. The van der Waals surface area contributed by atoms with Crippen LogP contribution in [0.15, 0.2) is 30.3 Å². The van der Waals surface area contributed by atoms with Gasteiger partial charge in [0.15, 0.2) is 0 Å². The SMILES string of the molecule is COc1ccc(C=CC(=O)NC2C(N)C3CCOC32)cc1. The topological polar surface area (TPSA) is 73.6 Å². The van der Waals surface area contributed by atoms with Crippen LogP contribution >= 0.6 is 0 Å². The van der Waals surface area contributed by atoms with Gasteiger partial charge in [-0.2, -0.15) is 0 Å². The number of rotatable bonds is 4. The number of methoxy groups -OCH3 is 1. The lowest BCUT2D eigenvalue weighted by atomic mass is 9.72. The molecule has 2 aliphatic rings. The summed E-state index contributed by atoms with van der Waals surface area (Å²) in [5.41, 5.74) is 7.01. The van der Waals surface area contributed by atoms with Crippen molar-refractivity contribution in [1.29, 1.82) is 0 Å². The van der Waals surface area contributed by atoms with Crippen LogP contribution in [0.1, 0.15) is 12.0 Å². The Labute approximate surface area is 124 Å². The normalized spacial score (nSPS) is 30.8. The summed E-state index contributed by atoms with van der Waals surface area (Å²) in [5.74, 6) is 1.06. The van der Waals surface area contributed by atoms with E-state index in [2.05, 4.69) is 5.32 Å². The molecule has 3 rings (SSSR count). The largest absolute Gasteiger partial charge is 0.497 e. The highest BCUT2D eigenvalue weighted by atomic mass is 16.5. The van der Waals surface area contributed by atoms with Crippen molar-refractivity contribution >= 4 is 12.0 Å². The third-order valence-electron chi connectivity index (χ3n) is 4.30. The molecule has 5 nitrogen and oxygen atoms in total. The molecule has 1 aromatic carbocycles. The number of nitrogens with two attached hydrogens (primary N) is 1. The average Bonchev–Trinajstić information content (AvgIpc) is 2.96. The van der Waals surface area contributed by atoms with Gasteiger partial charge in [-0.05, 0) is 30.2 Å². The van der Waals surface area contributed by atoms with Crippen LogP contribution in [0.4, 0.5) is 0 Å². The van der Waals surface area contributed by atoms with Gasteiger partial charge in [0.05, 0.1) is 19.3 Å². The summed E-state index contributed by atoms with van der Waals surface area (Å²) in [6, 6.07) is 7.45. The fourth-order valence-corrected chi connectivity index (χ4v) is 3.03. The van der Waals surface area contributed by atoms with Gasteiger partial charge in [0.2, 0.25) is 5.91 Å². The molecular formula is C16H20N2O3. The van der Waals surface area contributed by atoms with E-state index in [0.29, 0.717) is 5.92 Å². The van der Waals surface area contributed by atoms with Gasteiger partial charge in [-0.25, -0.2) is 0 Å². The Hall–Kier alpha value is -1.85. The first-order valence-electron chi connectivity index (χ1n) is 7.19. The molecule has 112 valence electrons. The lowest BCUT2D eigenvalue weighted by Gasteiger charge is -2.45. The fraction of sp³-hybridized carbons (Fsp3) is 0.438. The number of ether oxygens (including phenoxy) is 2. The third-order valence-corrected chi connectivity index (χ3v) is 4.30.